The van der Waals surface area contributed by atoms with Gasteiger partial charge in [0.15, 0.2) is 0 Å². The third-order valence-corrected chi connectivity index (χ3v) is 6.51. The normalized spacial score (nSPS) is 12.4. The van der Waals surface area contributed by atoms with E-state index in [0.717, 1.165) is 63.7 Å². The van der Waals surface area contributed by atoms with Gasteiger partial charge in [-0.1, -0.05) is 77.6 Å². The van der Waals surface area contributed by atoms with Crippen LogP contribution in [0.3, 0.4) is 0 Å². The lowest BCUT2D eigenvalue weighted by Gasteiger charge is -2.14. The summed E-state index contributed by atoms with van der Waals surface area (Å²) in [6.07, 6.45) is 21.4. The number of unbranched alkanes of at least 4 members (excludes halogenated alkanes) is 13. The topological polar surface area (TPSA) is 148 Å². The number of hydrogen-bond donors (Lipinski definition) is 7. The molecule has 0 heterocycles. The molecule has 212 valence electrons. The first-order chi connectivity index (χ1) is 17.5. The van der Waals surface area contributed by atoms with Gasteiger partial charge in [-0.15, -0.1) is 0 Å². The standard InChI is InChI=1S/C27H57N7O2/c1-3-22-31-24(27(28)36)19-17-18-23-32-26(35)21-16-14-12-10-8-6-4-5-7-9-11-13-15-20-25(33-29)34-30-2/h24,30-31H,3-23,29H2,1-2H3,(H2,28,36)(H,32,35)(H,33,34)/p+1. The summed E-state index contributed by atoms with van der Waals surface area (Å²) in [5, 5.41) is 8.86. The van der Waals surface area contributed by atoms with Gasteiger partial charge in [0.2, 0.25) is 11.8 Å². The van der Waals surface area contributed by atoms with Crippen LogP contribution in [-0.4, -0.2) is 43.8 Å². The molecule has 0 aromatic heterocycles. The van der Waals surface area contributed by atoms with Crippen LogP contribution in [0.1, 0.15) is 129 Å². The van der Waals surface area contributed by atoms with Crippen molar-refractivity contribution in [1.29, 1.82) is 0 Å². The number of hydrazone groups is 1. The Hall–Kier alpha value is -1.87. The summed E-state index contributed by atoms with van der Waals surface area (Å²) in [7, 11) is 1.83. The van der Waals surface area contributed by atoms with Gasteiger partial charge in [-0.3, -0.25) is 15.4 Å². The Morgan fingerprint density at radius 1 is 0.750 bits per heavy atom. The number of amidine groups is 1. The maximum absolute atomic E-state index is 12.0. The van der Waals surface area contributed by atoms with Crippen molar-refractivity contribution in [3.63, 3.8) is 0 Å². The molecule has 0 radical (unpaired) electrons. The highest BCUT2D eigenvalue weighted by Gasteiger charge is 2.13. The molecule has 0 fully saturated rings. The second-order valence-electron chi connectivity index (χ2n) is 9.85. The number of nitrogens with two attached hydrogens (primary N) is 2. The number of rotatable bonds is 26. The van der Waals surface area contributed by atoms with Gasteiger partial charge < -0.3 is 16.4 Å². The third kappa shape index (κ3) is 22.6. The van der Waals surface area contributed by atoms with Crippen LogP contribution in [0.5, 0.6) is 0 Å². The molecular formula is C27H58N7O2+. The fourth-order valence-corrected chi connectivity index (χ4v) is 4.31. The van der Waals surface area contributed by atoms with Crippen molar-refractivity contribution in [2.45, 2.75) is 135 Å². The number of hydrazine groups is 2. The lowest BCUT2D eigenvalue weighted by atomic mass is 10.0. The fourth-order valence-electron chi connectivity index (χ4n) is 4.31. The summed E-state index contributed by atoms with van der Waals surface area (Å²) >= 11 is 0. The molecule has 0 aliphatic rings. The zero-order valence-corrected chi connectivity index (χ0v) is 23.4. The van der Waals surface area contributed by atoms with E-state index in [-0.39, 0.29) is 17.9 Å². The van der Waals surface area contributed by atoms with E-state index in [1.165, 1.54) is 64.2 Å². The summed E-state index contributed by atoms with van der Waals surface area (Å²) in [4.78, 5) is 23.4. The molecule has 0 bridgehead atoms. The molecule has 1 unspecified atom stereocenters. The van der Waals surface area contributed by atoms with Crippen LogP contribution in [-0.2, 0) is 9.59 Å². The number of carbonyl (C=O) groups is 2. The van der Waals surface area contributed by atoms with Gasteiger partial charge in [-0.25, -0.2) is 0 Å². The van der Waals surface area contributed by atoms with Gasteiger partial charge in [0, 0.05) is 20.0 Å². The Morgan fingerprint density at radius 2 is 1.28 bits per heavy atom. The Morgan fingerprint density at radius 3 is 1.75 bits per heavy atom. The summed E-state index contributed by atoms with van der Waals surface area (Å²) < 4.78 is 0. The van der Waals surface area contributed by atoms with E-state index in [2.05, 4.69) is 33.5 Å². The number of hydrogen-bond acceptors (Lipinski definition) is 5. The highest BCUT2D eigenvalue weighted by atomic mass is 16.2. The number of carbonyl (C=O) groups excluding carboxylic acids is 2. The van der Waals surface area contributed by atoms with Crippen molar-refractivity contribution in [2.75, 3.05) is 20.1 Å². The van der Waals surface area contributed by atoms with Crippen LogP contribution in [0.25, 0.3) is 0 Å². The van der Waals surface area contributed by atoms with E-state index in [1.54, 1.807) is 0 Å². The molecule has 2 amide bonds. The van der Waals surface area contributed by atoms with E-state index < -0.39 is 0 Å². The average molecular weight is 513 g/mol. The van der Waals surface area contributed by atoms with E-state index in [1.807, 2.05) is 7.05 Å². The van der Waals surface area contributed by atoms with Gasteiger partial charge in [0.1, 0.15) is 0 Å². The predicted octanol–water partition coefficient (Wildman–Crippen LogP) is 2.05. The highest BCUT2D eigenvalue weighted by molar-refractivity contribution is 5.79. The van der Waals surface area contributed by atoms with Crippen LogP contribution in [0.15, 0.2) is 0 Å². The largest absolute Gasteiger partial charge is 0.368 e. The minimum absolute atomic E-state index is 0.148. The van der Waals surface area contributed by atoms with Crippen LogP contribution < -0.4 is 38.2 Å². The van der Waals surface area contributed by atoms with E-state index in [9.17, 15) is 9.59 Å². The van der Waals surface area contributed by atoms with Crippen LogP contribution in [0.2, 0.25) is 0 Å². The lowest BCUT2D eigenvalue weighted by molar-refractivity contribution is -0.473. The van der Waals surface area contributed by atoms with E-state index >= 15 is 0 Å². The summed E-state index contributed by atoms with van der Waals surface area (Å²) in [6.45, 7) is 3.54. The molecule has 9 nitrogen and oxygen atoms in total. The molecule has 1 atom stereocenters. The molecule has 0 aromatic carbocycles. The zero-order valence-electron chi connectivity index (χ0n) is 23.4. The minimum atomic E-state index is -0.289. The SMILES string of the molecule is CCCNC(CCCCNC(=O)CCCCCCCCCCCCCCCC(NNC)=[NH+]N)C(N)=O. The van der Waals surface area contributed by atoms with Gasteiger partial charge in [-0.05, 0) is 45.1 Å². The molecule has 0 rings (SSSR count). The van der Waals surface area contributed by atoms with Crippen molar-refractivity contribution in [3.05, 3.63) is 0 Å². The van der Waals surface area contributed by atoms with Crippen molar-refractivity contribution < 1.29 is 14.7 Å². The molecule has 0 spiro atoms. The first-order valence-corrected chi connectivity index (χ1v) is 14.6. The molecule has 0 aliphatic heterocycles. The second-order valence-corrected chi connectivity index (χ2v) is 9.85. The van der Waals surface area contributed by atoms with E-state index in [0.29, 0.717) is 13.0 Å². The number of nitrogens with one attached hydrogen (secondary N) is 5. The van der Waals surface area contributed by atoms with Crippen molar-refractivity contribution in [1.82, 2.24) is 21.5 Å². The Labute approximate surface area is 220 Å². The second kappa shape index (κ2) is 26.2. The summed E-state index contributed by atoms with van der Waals surface area (Å²) in [5.74, 6) is 6.26. The van der Waals surface area contributed by atoms with Crippen molar-refractivity contribution in [2.24, 2.45) is 11.6 Å². The monoisotopic (exact) mass is 512 g/mol. The van der Waals surface area contributed by atoms with E-state index in [4.69, 9.17) is 11.6 Å². The molecule has 9 N–H and O–H groups in total. The summed E-state index contributed by atoms with van der Waals surface area (Å²) in [6, 6.07) is -0.255. The molecular weight excluding hydrogens is 454 g/mol. The van der Waals surface area contributed by atoms with Gasteiger partial charge in [0.05, 0.1) is 12.5 Å². The zero-order chi connectivity index (χ0) is 26.7. The van der Waals surface area contributed by atoms with Crippen molar-refractivity contribution in [3.8, 4) is 0 Å². The molecule has 0 aromatic rings. The minimum Gasteiger partial charge on any atom is -0.368 e. The Bertz CT molecular complexity index is 558. The highest BCUT2D eigenvalue weighted by Crippen LogP contribution is 2.13. The molecule has 0 aliphatic carbocycles. The Kier molecular flexibility index (Phi) is 24.8. The quantitative estimate of drug-likeness (QED) is 0.0310. The Balaban J connectivity index is 3.37. The molecule has 0 saturated heterocycles. The third-order valence-electron chi connectivity index (χ3n) is 6.51. The maximum Gasteiger partial charge on any atom is 0.283 e. The maximum atomic E-state index is 12.0. The first-order valence-electron chi connectivity index (χ1n) is 14.6. The predicted molar refractivity (Wildman–Crippen MR) is 150 cm³/mol. The van der Waals surface area contributed by atoms with Crippen molar-refractivity contribution >= 4 is 17.6 Å². The molecule has 9 heteroatoms. The lowest BCUT2D eigenvalue weighted by Crippen LogP contribution is -2.83. The van der Waals surface area contributed by atoms with Gasteiger partial charge in [0.25, 0.3) is 5.84 Å². The molecule has 0 saturated carbocycles. The van der Waals surface area contributed by atoms with Crippen LogP contribution in [0, 0.1) is 0 Å². The number of primary amides is 1. The van der Waals surface area contributed by atoms with Crippen LogP contribution in [0.4, 0.5) is 0 Å². The van der Waals surface area contributed by atoms with Gasteiger partial charge >= 0.3 is 0 Å². The average Bonchev–Trinajstić information content (AvgIpc) is 2.86. The first kappa shape index (κ1) is 34.1. The smallest absolute Gasteiger partial charge is 0.283 e. The fraction of sp³-hybridized carbons (Fsp3) is 0.889. The molecule has 36 heavy (non-hydrogen) atoms. The summed E-state index contributed by atoms with van der Waals surface area (Å²) in [5.41, 5.74) is 11.3. The van der Waals surface area contributed by atoms with Crippen LogP contribution >= 0.6 is 0 Å². The number of amides is 2. The van der Waals surface area contributed by atoms with Gasteiger partial charge in [-0.2, -0.15) is 16.0 Å².